The molecule has 0 unspecified atom stereocenters. The molecule has 0 aliphatic rings. The third kappa shape index (κ3) is 6.61. The number of rotatable bonds is 7. The maximum absolute atomic E-state index is 11.3. The van der Waals surface area contributed by atoms with Crippen LogP contribution in [0.3, 0.4) is 0 Å². The van der Waals surface area contributed by atoms with E-state index < -0.39 is 8.32 Å². The molecule has 0 saturated carbocycles. The third-order valence-corrected chi connectivity index (χ3v) is 8.95. The van der Waals surface area contributed by atoms with Crippen LogP contribution in [0.1, 0.15) is 55.4 Å². The van der Waals surface area contributed by atoms with E-state index in [0.717, 1.165) is 11.9 Å². The van der Waals surface area contributed by atoms with E-state index in [1.165, 1.54) is 5.57 Å². The standard InChI is InChI=1S/C19H36O2Si/c1-14(2)11-15(3)12-16(4)18(17(5)13-20)21-22(9,10)19(6,7)8/h11-13,15,17-18H,1-10H3/b16-12+/t15-,17-,18+/m0/s1. The highest BCUT2D eigenvalue weighted by atomic mass is 28.4. The van der Waals surface area contributed by atoms with Crippen molar-refractivity contribution in [1.82, 2.24) is 0 Å². The van der Waals surface area contributed by atoms with Crippen molar-refractivity contribution in [3.05, 3.63) is 23.3 Å². The van der Waals surface area contributed by atoms with Crippen LogP contribution in [0, 0.1) is 11.8 Å². The molecule has 0 aliphatic heterocycles. The summed E-state index contributed by atoms with van der Waals surface area (Å²) in [6.45, 7) is 21.6. The van der Waals surface area contributed by atoms with Gasteiger partial charge in [0.25, 0.3) is 0 Å². The van der Waals surface area contributed by atoms with Crippen LogP contribution in [0.5, 0.6) is 0 Å². The van der Waals surface area contributed by atoms with Gasteiger partial charge in [-0.05, 0) is 50.4 Å². The van der Waals surface area contributed by atoms with Gasteiger partial charge in [0.05, 0.1) is 6.10 Å². The Morgan fingerprint density at radius 1 is 1.05 bits per heavy atom. The van der Waals surface area contributed by atoms with Crippen molar-refractivity contribution in [3.63, 3.8) is 0 Å². The summed E-state index contributed by atoms with van der Waals surface area (Å²) >= 11 is 0. The summed E-state index contributed by atoms with van der Waals surface area (Å²) in [4.78, 5) is 11.3. The molecule has 0 radical (unpaired) electrons. The molecule has 0 aromatic heterocycles. The molecular weight excluding hydrogens is 288 g/mol. The number of allylic oxidation sites excluding steroid dienone is 3. The van der Waals surface area contributed by atoms with Crippen LogP contribution in [0.4, 0.5) is 0 Å². The zero-order valence-electron chi connectivity index (χ0n) is 16.3. The summed E-state index contributed by atoms with van der Waals surface area (Å²) in [6, 6.07) is 0. The minimum atomic E-state index is -1.91. The van der Waals surface area contributed by atoms with E-state index >= 15 is 0 Å². The first-order valence-electron chi connectivity index (χ1n) is 8.28. The van der Waals surface area contributed by atoms with E-state index in [4.69, 9.17) is 4.43 Å². The van der Waals surface area contributed by atoms with Crippen molar-refractivity contribution in [2.45, 2.75) is 79.6 Å². The Morgan fingerprint density at radius 2 is 1.55 bits per heavy atom. The molecule has 0 saturated heterocycles. The lowest BCUT2D eigenvalue weighted by Crippen LogP contribution is -2.46. The fraction of sp³-hybridized carbons (Fsp3) is 0.737. The molecule has 0 amide bonds. The van der Waals surface area contributed by atoms with Gasteiger partial charge < -0.3 is 9.22 Å². The SMILES string of the molecule is CC(C)=C[C@H](C)/C=C(\C)[C@@H](O[Si](C)(C)C(C)(C)C)[C@@H](C)C=O. The van der Waals surface area contributed by atoms with Crippen LogP contribution >= 0.6 is 0 Å². The largest absolute Gasteiger partial charge is 0.410 e. The average molecular weight is 325 g/mol. The predicted molar refractivity (Wildman–Crippen MR) is 99.7 cm³/mol. The minimum absolute atomic E-state index is 0.119. The highest BCUT2D eigenvalue weighted by Crippen LogP contribution is 2.39. The Labute approximate surface area is 139 Å². The fourth-order valence-electron chi connectivity index (χ4n) is 2.26. The first-order chi connectivity index (χ1) is 9.81. The quantitative estimate of drug-likeness (QED) is 0.338. The summed E-state index contributed by atoms with van der Waals surface area (Å²) in [7, 11) is -1.91. The van der Waals surface area contributed by atoms with Crippen molar-refractivity contribution < 1.29 is 9.22 Å². The van der Waals surface area contributed by atoms with Crippen molar-refractivity contribution in [2.75, 3.05) is 0 Å². The molecular formula is C19H36O2Si. The topological polar surface area (TPSA) is 26.3 Å². The minimum Gasteiger partial charge on any atom is -0.410 e. The van der Waals surface area contributed by atoms with Crippen molar-refractivity contribution >= 4 is 14.6 Å². The lowest BCUT2D eigenvalue weighted by Gasteiger charge is -2.40. The van der Waals surface area contributed by atoms with E-state index in [9.17, 15) is 4.79 Å². The lowest BCUT2D eigenvalue weighted by molar-refractivity contribution is -0.112. The Balaban J connectivity index is 5.44. The van der Waals surface area contributed by atoms with Crippen molar-refractivity contribution in [3.8, 4) is 0 Å². The summed E-state index contributed by atoms with van der Waals surface area (Å²) in [5.41, 5.74) is 2.47. The molecule has 0 aromatic rings. The van der Waals surface area contributed by atoms with E-state index in [2.05, 4.69) is 73.7 Å². The number of hydrogen-bond acceptors (Lipinski definition) is 2. The zero-order valence-corrected chi connectivity index (χ0v) is 17.3. The first kappa shape index (κ1) is 21.3. The summed E-state index contributed by atoms with van der Waals surface area (Å²) in [5, 5.41) is 0.139. The van der Waals surface area contributed by atoms with E-state index in [1.54, 1.807) is 0 Å². The number of carbonyl (C=O) groups excluding carboxylic acids is 1. The van der Waals surface area contributed by atoms with E-state index in [1.807, 2.05) is 6.92 Å². The molecule has 3 heteroatoms. The number of aldehydes is 1. The summed E-state index contributed by atoms with van der Waals surface area (Å²) < 4.78 is 6.54. The molecule has 22 heavy (non-hydrogen) atoms. The van der Waals surface area contributed by atoms with Gasteiger partial charge in [-0.3, -0.25) is 0 Å². The second kappa shape index (κ2) is 8.26. The normalized spacial score (nSPS) is 17.6. The van der Waals surface area contributed by atoms with Crippen LogP contribution in [-0.2, 0) is 9.22 Å². The molecule has 0 aromatic carbocycles. The second-order valence-corrected chi connectivity index (χ2v) is 13.1. The van der Waals surface area contributed by atoms with Gasteiger partial charge in [0.1, 0.15) is 6.29 Å². The maximum atomic E-state index is 11.3. The molecule has 0 heterocycles. The van der Waals surface area contributed by atoms with Gasteiger partial charge >= 0.3 is 0 Å². The van der Waals surface area contributed by atoms with Gasteiger partial charge in [-0.25, -0.2) is 0 Å². The Hall–Kier alpha value is -0.673. The highest BCUT2D eigenvalue weighted by molar-refractivity contribution is 6.74. The smallest absolute Gasteiger partial charge is 0.192 e. The Bertz CT molecular complexity index is 423. The molecule has 0 N–H and O–H groups in total. The van der Waals surface area contributed by atoms with Crippen molar-refractivity contribution in [2.24, 2.45) is 11.8 Å². The molecule has 0 spiro atoms. The number of hydrogen-bond donors (Lipinski definition) is 0. The van der Waals surface area contributed by atoms with Crippen molar-refractivity contribution in [1.29, 1.82) is 0 Å². The highest BCUT2D eigenvalue weighted by Gasteiger charge is 2.40. The van der Waals surface area contributed by atoms with Crippen LogP contribution < -0.4 is 0 Å². The third-order valence-electron chi connectivity index (χ3n) is 4.49. The Kier molecular flexibility index (Phi) is 8.00. The first-order valence-corrected chi connectivity index (χ1v) is 11.2. The molecule has 128 valence electrons. The van der Waals surface area contributed by atoms with Crippen LogP contribution in [0.15, 0.2) is 23.3 Å². The lowest BCUT2D eigenvalue weighted by atomic mass is 9.96. The Morgan fingerprint density at radius 3 is 1.91 bits per heavy atom. The predicted octanol–water partition coefficient (Wildman–Crippen LogP) is 5.76. The monoisotopic (exact) mass is 324 g/mol. The van der Waals surface area contributed by atoms with Gasteiger partial charge in [0.2, 0.25) is 0 Å². The fourth-order valence-corrected chi connectivity index (χ4v) is 3.65. The molecule has 0 rings (SSSR count). The summed E-state index contributed by atoms with van der Waals surface area (Å²) in [6.07, 6.45) is 5.36. The van der Waals surface area contributed by atoms with Gasteiger partial charge in [-0.1, -0.05) is 52.3 Å². The van der Waals surface area contributed by atoms with E-state index in [0.29, 0.717) is 5.92 Å². The number of carbonyl (C=O) groups is 1. The van der Waals surface area contributed by atoms with E-state index in [-0.39, 0.29) is 17.1 Å². The van der Waals surface area contributed by atoms with Crippen LogP contribution in [0.2, 0.25) is 18.1 Å². The molecule has 2 nitrogen and oxygen atoms in total. The zero-order chi connectivity index (χ0) is 17.7. The van der Waals surface area contributed by atoms with Gasteiger partial charge in [-0.2, -0.15) is 0 Å². The molecule has 3 atom stereocenters. The maximum Gasteiger partial charge on any atom is 0.192 e. The van der Waals surface area contributed by atoms with Crippen LogP contribution in [-0.4, -0.2) is 20.7 Å². The molecule has 0 aliphatic carbocycles. The van der Waals surface area contributed by atoms with Gasteiger partial charge in [-0.15, -0.1) is 0 Å². The van der Waals surface area contributed by atoms with Crippen LogP contribution in [0.25, 0.3) is 0 Å². The molecule has 0 bridgehead atoms. The average Bonchev–Trinajstić information content (AvgIpc) is 2.32. The van der Waals surface area contributed by atoms with Gasteiger partial charge in [0, 0.05) is 5.92 Å². The summed E-state index contributed by atoms with van der Waals surface area (Å²) in [5.74, 6) is 0.235. The van der Waals surface area contributed by atoms with Gasteiger partial charge in [0.15, 0.2) is 8.32 Å². The second-order valence-electron chi connectivity index (χ2n) is 8.31. The molecule has 0 fully saturated rings.